The summed E-state index contributed by atoms with van der Waals surface area (Å²) in [4.78, 5) is 22.3. The topological polar surface area (TPSA) is 66.4 Å². The summed E-state index contributed by atoms with van der Waals surface area (Å²) in [6.07, 6.45) is -0.505. The Morgan fingerprint density at radius 2 is 2.06 bits per heavy atom. The molecule has 96 valence electrons. The number of carboxylic acid groups (broad SMARTS) is 1. The normalized spacial score (nSPS) is 20.3. The molecule has 2 rings (SSSR count). The SMILES string of the molecule is O=C(O)c1cc(Cl)ccc1NC(=O)C1CC1(F)F. The molecule has 0 bridgehead atoms. The Morgan fingerprint density at radius 3 is 2.56 bits per heavy atom. The Morgan fingerprint density at radius 1 is 1.44 bits per heavy atom. The largest absolute Gasteiger partial charge is 0.478 e. The van der Waals surface area contributed by atoms with Gasteiger partial charge in [0.1, 0.15) is 5.92 Å². The van der Waals surface area contributed by atoms with Crippen LogP contribution in [0.25, 0.3) is 0 Å². The molecule has 0 spiro atoms. The molecule has 1 atom stereocenters. The lowest BCUT2D eigenvalue weighted by atomic mass is 10.1. The van der Waals surface area contributed by atoms with Gasteiger partial charge < -0.3 is 10.4 Å². The number of rotatable bonds is 3. The van der Waals surface area contributed by atoms with Gasteiger partial charge in [0.15, 0.2) is 0 Å². The predicted molar refractivity (Wildman–Crippen MR) is 60.1 cm³/mol. The maximum absolute atomic E-state index is 12.7. The second-order valence-electron chi connectivity index (χ2n) is 4.00. The number of alkyl halides is 2. The summed E-state index contributed by atoms with van der Waals surface area (Å²) < 4.78 is 25.3. The number of carbonyl (C=O) groups is 2. The van der Waals surface area contributed by atoms with Gasteiger partial charge in [-0.1, -0.05) is 11.6 Å². The van der Waals surface area contributed by atoms with Crippen LogP contribution in [0.3, 0.4) is 0 Å². The number of anilines is 1. The third-order valence-corrected chi connectivity index (χ3v) is 2.85. The van der Waals surface area contributed by atoms with E-state index < -0.39 is 30.1 Å². The molecule has 1 unspecified atom stereocenters. The number of carbonyl (C=O) groups excluding carboxylic acids is 1. The number of amides is 1. The van der Waals surface area contributed by atoms with E-state index in [1.54, 1.807) is 0 Å². The monoisotopic (exact) mass is 275 g/mol. The number of aromatic carboxylic acids is 1. The van der Waals surface area contributed by atoms with Crippen molar-refractivity contribution in [1.29, 1.82) is 0 Å². The van der Waals surface area contributed by atoms with Crippen LogP contribution in [0.1, 0.15) is 16.8 Å². The molecule has 0 saturated heterocycles. The van der Waals surface area contributed by atoms with Gasteiger partial charge in [0.25, 0.3) is 5.92 Å². The van der Waals surface area contributed by atoms with Gasteiger partial charge in [-0.25, -0.2) is 13.6 Å². The van der Waals surface area contributed by atoms with Crippen molar-refractivity contribution < 1.29 is 23.5 Å². The molecule has 7 heteroatoms. The molecule has 1 amide bonds. The number of halogens is 3. The highest BCUT2D eigenvalue weighted by Crippen LogP contribution is 2.49. The zero-order valence-corrected chi connectivity index (χ0v) is 9.67. The van der Waals surface area contributed by atoms with Crippen LogP contribution < -0.4 is 5.32 Å². The highest BCUT2D eigenvalue weighted by Gasteiger charge is 2.61. The maximum Gasteiger partial charge on any atom is 0.337 e. The van der Waals surface area contributed by atoms with Gasteiger partial charge in [-0.15, -0.1) is 0 Å². The Labute approximate surface area is 106 Å². The van der Waals surface area contributed by atoms with Crippen LogP contribution in [0.15, 0.2) is 18.2 Å². The van der Waals surface area contributed by atoms with Crippen molar-refractivity contribution in [2.24, 2.45) is 5.92 Å². The molecular weight excluding hydrogens is 268 g/mol. The quantitative estimate of drug-likeness (QED) is 0.891. The second-order valence-corrected chi connectivity index (χ2v) is 4.44. The van der Waals surface area contributed by atoms with Crippen molar-refractivity contribution in [3.05, 3.63) is 28.8 Å². The van der Waals surface area contributed by atoms with Gasteiger partial charge in [-0.2, -0.15) is 0 Å². The molecule has 1 aromatic rings. The van der Waals surface area contributed by atoms with E-state index in [0.717, 1.165) is 6.07 Å². The summed E-state index contributed by atoms with van der Waals surface area (Å²) in [7, 11) is 0. The smallest absolute Gasteiger partial charge is 0.337 e. The van der Waals surface area contributed by atoms with Crippen molar-refractivity contribution in [1.82, 2.24) is 0 Å². The fourth-order valence-electron chi connectivity index (χ4n) is 1.52. The first-order chi connectivity index (χ1) is 8.31. The van der Waals surface area contributed by atoms with Crippen molar-refractivity contribution in [3.63, 3.8) is 0 Å². The molecule has 2 N–H and O–H groups in total. The molecule has 4 nitrogen and oxygen atoms in total. The molecule has 0 radical (unpaired) electrons. The predicted octanol–water partition coefficient (Wildman–Crippen LogP) is 2.63. The fraction of sp³-hybridized carbons (Fsp3) is 0.273. The number of hydrogen-bond donors (Lipinski definition) is 2. The van der Waals surface area contributed by atoms with Gasteiger partial charge in [-0.3, -0.25) is 4.79 Å². The lowest BCUT2D eigenvalue weighted by Crippen LogP contribution is -2.19. The molecule has 1 aliphatic rings. The fourth-order valence-corrected chi connectivity index (χ4v) is 1.69. The molecule has 18 heavy (non-hydrogen) atoms. The maximum atomic E-state index is 12.7. The molecule has 1 aromatic carbocycles. The molecule has 0 heterocycles. The van der Waals surface area contributed by atoms with Gasteiger partial charge in [0, 0.05) is 11.4 Å². The van der Waals surface area contributed by atoms with E-state index >= 15 is 0 Å². The standard InChI is InChI=1S/C11H8ClF2NO3/c12-5-1-2-8(6(3-5)10(17)18)15-9(16)7-4-11(7,13)14/h1-3,7H,4H2,(H,15,16)(H,17,18). The van der Waals surface area contributed by atoms with E-state index in [1.165, 1.54) is 12.1 Å². The molecular formula is C11H8ClF2NO3. The van der Waals surface area contributed by atoms with Gasteiger partial charge in [-0.05, 0) is 18.2 Å². The number of carboxylic acids is 1. The average molecular weight is 276 g/mol. The number of benzene rings is 1. The number of hydrogen-bond acceptors (Lipinski definition) is 2. The lowest BCUT2D eigenvalue weighted by Gasteiger charge is -2.08. The Kier molecular flexibility index (Phi) is 2.98. The number of nitrogens with one attached hydrogen (secondary N) is 1. The first-order valence-electron chi connectivity index (χ1n) is 5.03. The highest BCUT2D eigenvalue weighted by atomic mass is 35.5. The van der Waals surface area contributed by atoms with Crippen LogP contribution in [0.5, 0.6) is 0 Å². The summed E-state index contributed by atoms with van der Waals surface area (Å²) in [5.74, 6) is -6.55. The van der Waals surface area contributed by atoms with E-state index in [9.17, 15) is 18.4 Å². The minimum Gasteiger partial charge on any atom is -0.478 e. The Bertz CT molecular complexity index is 533. The third-order valence-electron chi connectivity index (χ3n) is 2.61. The van der Waals surface area contributed by atoms with Crippen molar-refractivity contribution >= 4 is 29.2 Å². The summed E-state index contributed by atoms with van der Waals surface area (Å²) in [5, 5.41) is 11.3. The molecule has 0 aromatic heterocycles. The highest BCUT2D eigenvalue weighted by molar-refractivity contribution is 6.31. The first-order valence-corrected chi connectivity index (χ1v) is 5.40. The summed E-state index contributed by atoms with van der Waals surface area (Å²) in [6.45, 7) is 0. The van der Waals surface area contributed by atoms with Crippen LogP contribution in [0.2, 0.25) is 5.02 Å². The van der Waals surface area contributed by atoms with Gasteiger partial charge >= 0.3 is 5.97 Å². The lowest BCUT2D eigenvalue weighted by molar-refractivity contribution is -0.119. The molecule has 1 aliphatic carbocycles. The second kappa shape index (κ2) is 4.20. The van der Waals surface area contributed by atoms with E-state index in [4.69, 9.17) is 16.7 Å². The molecule has 1 saturated carbocycles. The van der Waals surface area contributed by atoms with Crippen LogP contribution in [-0.2, 0) is 4.79 Å². The third kappa shape index (κ3) is 2.43. The Balaban J connectivity index is 2.19. The van der Waals surface area contributed by atoms with Crippen LogP contribution >= 0.6 is 11.6 Å². The van der Waals surface area contributed by atoms with Gasteiger partial charge in [0.2, 0.25) is 5.91 Å². The van der Waals surface area contributed by atoms with Gasteiger partial charge in [0.05, 0.1) is 11.3 Å². The van der Waals surface area contributed by atoms with Crippen molar-refractivity contribution in [2.45, 2.75) is 12.3 Å². The zero-order chi connectivity index (χ0) is 13.5. The van der Waals surface area contributed by atoms with E-state index in [0.29, 0.717) is 0 Å². The minimum absolute atomic E-state index is 0.0420. The van der Waals surface area contributed by atoms with Crippen molar-refractivity contribution in [2.75, 3.05) is 5.32 Å². The molecule has 0 aliphatic heterocycles. The first kappa shape index (κ1) is 12.8. The minimum atomic E-state index is -2.99. The summed E-state index contributed by atoms with van der Waals surface area (Å²) in [6, 6.07) is 3.78. The van der Waals surface area contributed by atoms with Crippen molar-refractivity contribution in [3.8, 4) is 0 Å². The van der Waals surface area contributed by atoms with E-state index in [1.807, 2.05) is 0 Å². The van der Waals surface area contributed by atoms with Crippen LogP contribution in [-0.4, -0.2) is 22.9 Å². The van der Waals surface area contributed by atoms with E-state index in [-0.39, 0.29) is 16.3 Å². The van der Waals surface area contributed by atoms with Crippen LogP contribution in [0, 0.1) is 5.92 Å². The average Bonchev–Trinajstić information content (AvgIpc) is 2.90. The van der Waals surface area contributed by atoms with Crippen LogP contribution in [0.4, 0.5) is 14.5 Å². The van der Waals surface area contributed by atoms with E-state index in [2.05, 4.69) is 5.32 Å². The Hall–Kier alpha value is -1.69. The summed E-state index contributed by atoms with van der Waals surface area (Å²) in [5.41, 5.74) is -0.278. The zero-order valence-electron chi connectivity index (χ0n) is 8.91. The summed E-state index contributed by atoms with van der Waals surface area (Å²) >= 11 is 5.62. The molecule has 1 fully saturated rings.